The molecule has 1 aliphatic rings. The van der Waals surface area contributed by atoms with Crippen LogP contribution in [-0.2, 0) is 14.3 Å². The first-order chi connectivity index (χ1) is 11.4. The zero-order valence-corrected chi connectivity index (χ0v) is 14.9. The van der Waals surface area contributed by atoms with Crippen LogP contribution in [0.2, 0.25) is 0 Å². The van der Waals surface area contributed by atoms with Crippen molar-refractivity contribution in [2.75, 3.05) is 26.8 Å². The number of hydrogen-bond acceptors (Lipinski definition) is 5. The van der Waals surface area contributed by atoms with Gasteiger partial charge in [0.1, 0.15) is 5.75 Å². The molecule has 1 heterocycles. The molecule has 130 valence electrons. The van der Waals surface area contributed by atoms with E-state index < -0.39 is 11.9 Å². The minimum atomic E-state index is -0.602. The molecule has 0 unspecified atom stereocenters. The maximum Gasteiger partial charge on any atom is 0.338 e. The number of amides is 2. The minimum Gasteiger partial charge on any atom is -0.496 e. The number of benzene rings is 1. The summed E-state index contributed by atoms with van der Waals surface area (Å²) in [6.45, 7) is 0.446. The SMILES string of the molecule is COc1ccc(C(=O)OCC(=O)N2CCC[C@@H](C(N)=O)C2)cc1Br. The van der Waals surface area contributed by atoms with Crippen LogP contribution in [0.4, 0.5) is 0 Å². The van der Waals surface area contributed by atoms with Gasteiger partial charge in [0, 0.05) is 13.1 Å². The van der Waals surface area contributed by atoms with Crippen LogP contribution in [-0.4, -0.2) is 49.5 Å². The van der Waals surface area contributed by atoms with Crippen LogP contribution in [0.15, 0.2) is 22.7 Å². The van der Waals surface area contributed by atoms with Gasteiger partial charge in [0.25, 0.3) is 5.91 Å². The maximum absolute atomic E-state index is 12.1. The van der Waals surface area contributed by atoms with E-state index in [9.17, 15) is 14.4 Å². The Hall–Kier alpha value is -2.09. The van der Waals surface area contributed by atoms with Crippen LogP contribution < -0.4 is 10.5 Å². The molecule has 8 heteroatoms. The number of primary amides is 1. The molecule has 7 nitrogen and oxygen atoms in total. The average molecular weight is 399 g/mol. The molecule has 1 aliphatic heterocycles. The highest BCUT2D eigenvalue weighted by Gasteiger charge is 2.27. The number of halogens is 1. The van der Waals surface area contributed by atoms with Crippen LogP contribution in [0.3, 0.4) is 0 Å². The largest absolute Gasteiger partial charge is 0.496 e. The van der Waals surface area contributed by atoms with Gasteiger partial charge in [-0.1, -0.05) is 0 Å². The Kier molecular flexibility index (Phi) is 6.19. The number of piperidine rings is 1. The molecule has 1 fully saturated rings. The van der Waals surface area contributed by atoms with E-state index in [0.717, 1.165) is 0 Å². The van der Waals surface area contributed by atoms with Gasteiger partial charge in [-0.05, 0) is 47.0 Å². The monoisotopic (exact) mass is 398 g/mol. The van der Waals surface area contributed by atoms with E-state index in [1.807, 2.05) is 0 Å². The predicted molar refractivity (Wildman–Crippen MR) is 89.5 cm³/mol. The highest BCUT2D eigenvalue weighted by atomic mass is 79.9. The smallest absolute Gasteiger partial charge is 0.338 e. The second-order valence-corrected chi connectivity index (χ2v) is 6.36. The highest BCUT2D eigenvalue weighted by molar-refractivity contribution is 9.10. The first kappa shape index (κ1) is 18.3. The van der Waals surface area contributed by atoms with Gasteiger partial charge in [-0.15, -0.1) is 0 Å². The fraction of sp³-hybridized carbons (Fsp3) is 0.438. The molecule has 0 aromatic heterocycles. The van der Waals surface area contributed by atoms with Gasteiger partial charge in [0.15, 0.2) is 6.61 Å². The summed E-state index contributed by atoms with van der Waals surface area (Å²) in [6.07, 6.45) is 1.39. The molecule has 24 heavy (non-hydrogen) atoms. The summed E-state index contributed by atoms with van der Waals surface area (Å²) >= 11 is 3.29. The third kappa shape index (κ3) is 4.47. The highest BCUT2D eigenvalue weighted by Crippen LogP contribution is 2.25. The van der Waals surface area contributed by atoms with Crippen molar-refractivity contribution in [3.63, 3.8) is 0 Å². The molecule has 1 aromatic rings. The van der Waals surface area contributed by atoms with Crippen LogP contribution >= 0.6 is 15.9 Å². The quantitative estimate of drug-likeness (QED) is 0.754. The summed E-state index contributed by atoms with van der Waals surface area (Å²) in [7, 11) is 1.52. The number of carbonyl (C=O) groups is 3. The van der Waals surface area contributed by atoms with E-state index in [0.29, 0.717) is 35.2 Å². The molecule has 2 N–H and O–H groups in total. The molecular formula is C16H19BrN2O5. The summed E-state index contributed by atoms with van der Waals surface area (Å²) in [6, 6.07) is 4.75. The van der Waals surface area contributed by atoms with Crippen molar-refractivity contribution in [2.45, 2.75) is 12.8 Å². The zero-order chi connectivity index (χ0) is 17.7. The molecule has 1 aromatic carbocycles. The fourth-order valence-electron chi connectivity index (χ4n) is 2.53. The maximum atomic E-state index is 12.1. The van der Waals surface area contributed by atoms with Crippen LogP contribution in [0.1, 0.15) is 23.2 Å². The lowest BCUT2D eigenvalue weighted by Gasteiger charge is -2.31. The van der Waals surface area contributed by atoms with Crippen LogP contribution in [0, 0.1) is 5.92 Å². The lowest BCUT2D eigenvalue weighted by molar-refractivity contribution is -0.137. The number of hydrogen-bond donors (Lipinski definition) is 1. The first-order valence-corrected chi connectivity index (χ1v) is 8.29. The molecule has 2 rings (SSSR count). The van der Waals surface area contributed by atoms with Crippen molar-refractivity contribution in [3.8, 4) is 5.75 Å². The van der Waals surface area contributed by atoms with E-state index in [1.54, 1.807) is 18.2 Å². The van der Waals surface area contributed by atoms with Crippen molar-refractivity contribution in [1.29, 1.82) is 0 Å². The number of methoxy groups -OCH3 is 1. The third-order valence-corrected chi connectivity index (χ3v) is 4.51. The number of nitrogens with zero attached hydrogens (tertiary/aromatic N) is 1. The van der Waals surface area contributed by atoms with Gasteiger partial charge in [0.05, 0.1) is 23.1 Å². The number of rotatable bonds is 5. The van der Waals surface area contributed by atoms with Crippen molar-refractivity contribution >= 4 is 33.7 Å². The minimum absolute atomic E-state index is 0.278. The van der Waals surface area contributed by atoms with Crippen molar-refractivity contribution < 1.29 is 23.9 Å². The molecule has 0 aliphatic carbocycles. The zero-order valence-electron chi connectivity index (χ0n) is 13.3. The second-order valence-electron chi connectivity index (χ2n) is 5.51. The average Bonchev–Trinajstić information content (AvgIpc) is 2.59. The molecule has 2 amide bonds. The third-order valence-electron chi connectivity index (χ3n) is 3.89. The van der Waals surface area contributed by atoms with Gasteiger partial charge in [-0.3, -0.25) is 9.59 Å². The van der Waals surface area contributed by atoms with E-state index in [4.69, 9.17) is 15.2 Å². The van der Waals surface area contributed by atoms with Gasteiger partial charge in [-0.2, -0.15) is 0 Å². The molecule has 0 radical (unpaired) electrons. The summed E-state index contributed by atoms with van der Waals surface area (Å²) in [4.78, 5) is 36.9. The van der Waals surface area contributed by atoms with Crippen molar-refractivity contribution in [1.82, 2.24) is 4.90 Å². The van der Waals surface area contributed by atoms with Gasteiger partial charge in [0.2, 0.25) is 5.91 Å². The molecule has 1 atom stereocenters. The Bertz CT molecular complexity index is 649. The molecule has 0 bridgehead atoms. The van der Waals surface area contributed by atoms with E-state index in [-0.39, 0.29) is 25.0 Å². The van der Waals surface area contributed by atoms with Crippen molar-refractivity contribution in [3.05, 3.63) is 28.2 Å². The van der Waals surface area contributed by atoms with Crippen molar-refractivity contribution in [2.24, 2.45) is 11.7 Å². The fourth-order valence-corrected chi connectivity index (χ4v) is 3.07. The number of likely N-dealkylation sites (tertiary alicyclic amines) is 1. The van der Waals surface area contributed by atoms with Gasteiger partial charge < -0.3 is 20.1 Å². The number of esters is 1. The molecule has 0 saturated carbocycles. The Labute approximate surface area is 148 Å². The van der Waals surface area contributed by atoms with Crippen LogP contribution in [0.25, 0.3) is 0 Å². The molecule has 1 saturated heterocycles. The Morgan fingerprint density at radius 2 is 2.12 bits per heavy atom. The van der Waals surface area contributed by atoms with E-state index >= 15 is 0 Å². The number of nitrogens with two attached hydrogens (primary N) is 1. The summed E-state index contributed by atoms with van der Waals surface area (Å²) in [5.41, 5.74) is 5.60. The molecule has 0 spiro atoms. The Morgan fingerprint density at radius 3 is 2.75 bits per heavy atom. The predicted octanol–water partition coefficient (Wildman–Crippen LogP) is 1.34. The van der Waals surface area contributed by atoms with Crippen LogP contribution in [0.5, 0.6) is 5.75 Å². The summed E-state index contributed by atoms with van der Waals surface area (Å²) < 4.78 is 10.8. The summed E-state index contributed by atoms with van der Waals surface area (Å²) in [5, 5.41) is 0. The standard InChI is InChI=1S/C16H19BrN2O5/c1-23-13-5-4-10(7-12(13)17)16(22)24-9-14(20)19-6-2-3-11(8-19)15(18)21/h4-5,7,11H,2-3,6,8-9H2,1H3,(H2,18,21)/t11-/m1/s1. The topological polar surface area (TPSA) is 98.9 Å². The lowest BCUT2D eigenvalue weighted by atomic mass is 9.97. The van der Waals surface area contributed by atoms with E-state index in [1.165, 1.54) is 12.0 Å². The summed E-state index contributed by atoms with van der Waals surface area (Å²) in [5.74, 6) is -1.09. The number of ether oxygens (including phenoxy) is 2. The normalized spacial score (nSPS) is 17.2. The van der Waals surface area contributed by atoms with E-state index in [2.05, 4.69) is 15.9 Å². The Balaban J connectivity index is 1.90. The van der Waals surface area contributed by atoms with Gasteiger partial charge in [-0.25, -0.2) is 4.79 Å². The lowest BCUT2D eigenvalue weighted by Crippen LogP contribution is -2.45. The first-order valence-electron chi connectivity index (χ1n) is 7.50. The second kappa shape index (κ2) is 8.14. The Morgan fingerprint density at radius 1 is 1.38 bits per heavy atom. The molecular weight excluding hydrogens is 380 g/mol. The number of carbonyl (C=O) groups excluding carboxylic acids is 3. The van der Waals surface area contributed by atoms with Gasteiger partial charge >= 0.3 is 5.97 Å².